The summed E-state index contributed by atoms with van der Waals surface area (Å²) >= 11 is 7.19. The molecule has 0 fully saturated rings. The van der Waals surface area contributed by atoms with Crippen molar-refractivity contribution in [1.29, 1.82) is 0 Å². The Balaban J connectivity index is 0.00000156. The van der Waals surface area contributed by atoms with E-state index in [1.165, 1.54) is 30.1 Å². The maximum atomic E-state index is 14.2. The number of carbonyl (C=O) groups is 1. The van der Waals surface area contributed by atoms with Gasteiger partial charge in [0.15, 0.2) is 12.7 Å². The van der Waals surface area contributed by atoms with Crippen molar-refractivity contribution in [1.82, 2.24) is 4.98 Å². The van der Waals surface area contributed by atoms with Crippen LogP contribution in [0, 0.1) is 5.82 Å². The van der Waals surface area contributed by atoms with Gasteiger partial charge in [-0.25, -0.2) is 4.39 Å². The van der Waals surface area contributed by atoms with Crippen LogP contribution in [-0.4, -0.2) is 11.0 Å². The Bertz CT molecular complexity index is 829. The number of halogens is 2. The van der Waals surface area contributed by atoms with Crippen LogP contribution in [0.2, 0.25) is 4.34 Å². The summed E-state index contributed by atoms with van der Waals surface area (Å²) < 4.78 is 24.5. The third-order valence-electron chi connectivity index (χ3n) is 3.12. The van der Waals surface area contributed by atoms with E-state index >= 15 is 0 Å². The number of nitrogens with zero attached hydrogens (tertiary/aromatic N) is 1. The van der Waals surface area contributed by atoms with Gasteiger partial charge in [0.05, 0.1) is 10.8 Å². The number of hydrogen-bond acceptors (Lipinski definition) is 5. The van der Waals surface area contributed by atoms with Crippen LogP contribution in [0.25, 0.3) is 10.4 Å². The molecule has 2 aromatic heterocycles. The molecule has 0 radical (unpaired) electrons. The minimum atomic E-state index is -0.451. The van der Waals surface area contributed by atoms with Crippen LogP contribution >= 0.6 is 22.9 Å². The van der Waals surface area contributed by atoms with Crippen LogP contribution in [0.5, 0.6) is 5.88 Å². The summed E-state index contributed by atoms with van der Waals surface area (Å²) in [7, 11) is 0. The van der Waals surface area contributed by atoms with Gasteiger partial charge in [-0.05, 0) is 30.2 Å². The van der Waals surface area contributed by atoms with Crippen LogP contribution < -0.4 is 34.3 Å². The zero-order valence-electron chi connectivity index (χ0n) is 13.8. The van der Waals surface area contributed by atoms with Crippen LogP contribution in [-0.2, 0) is 11.2 Å². The molecule has 0 unspecified atom stereocenters. The minimum absolute atomic E-state index is 0. The Morgan fingerprint density at radius 3 is 2.83 bits per heavy atom. The van der Waals surface area contributed by atoms with E-state index < -0.39 is 5.97 Å². The fraction of sp³-hybridized carbons (Fsp3) is 0.125. The van der Waals surface area contributed by atoms with E-state index in [1.807, 2.05) is 0 Å². The van der Waals surface area contributed by atoms with Gasteiger partial charge in [-0.1, -0.05) is 23.7 Å². The van der Waals surface area contributed by atoms with Gasteiger partial charge in [-0.3, -0.25) is 4.79 Å². The van der Waals surface area contributed by atoms with Crippen LogP contribution in [0.3, 0.4) is 0 Å². The smallest absolute Gasteiger partial charge is 1.00 e. The van der Waals surface area contributed by atoms with Crippen molar-refractivity contribution >= 4 is 28.9 Å². The molecule has 2 heterocycles. The van der Waals surface area contributed by atoms with E-state index in [-0.39, 0.29) is 49.1 Å². The van der Waals surface area contributed by atoms with Crippen LogP contribution in [0.1, 0.15) is 13.4 Å². The first-order valence-corrected chi connectivity index (χ1v) is 7.94. The molecule has 0 bridgehead atoms. The monoisotopic (exact) mass is 375 g/mol. The summed E-state index contributed by atoms with van der Waals surface area (Å²) in [5, 5.41) is 0. The predicted molar refractivity (Wildman–Crippen MR) is 86.3 cm³/mol. The summed E-state index contributed by atoms with van der Waals surface area (Å²) in [6.45, 7) is 0. The van der Waals surface area contributed by atoms with Crippen molar-refractivity contribution in [2.45, 2.75) is 12.8 Å². The van der Waals surface area contributed by atoms with Crippen molar-refractivity contribution < 1.29 is 49.3 Å². The van der Waals surface area contributed by atoms with Gasteiger partial charge in [-0.15, -0.1) is 11.3 Å². The number of ether oxygens (including phenoxy) is 1. The Hall–Kier alpha value is -1.18. The summed E-state index contributed by atoms with van der Waals surface area (Å²) in [4.78, 5) is 16.1. The minimum Gasteiger partial charge on any atom is -1.00 e. The zero-order valence-corrected chi connectivity index (χ0v) is 16.4. The average Bonchev–Trinajstić information content (AvgIpc) is 3.17. The van der Waals surface area contributed by atoms with Crippen molar-refractivity contribution in [3.05, 3.63) is 58.7 Å². The van der Waals surface area contributed by atoms with Crippen LogP contribution in [0.4, 0.5) is 4.39 Å². The van der Waals surface area contributed by atoms with E-state index in [0.29, 0.717) is 21.9 Å². The van der Waals surface area contributed by atoms with E-state index in [9.17, 15) is 9.18 Å². The molecule has 1 aromatic carbocycles. The number of thiophene rings is 1. The third-order valence-corrected chi connectivity index (χ3v) is 4.38. The van der Waals surface area contributed by atoms with Crippen molar-refractivity contribution in [2.24, 2.45) is 0 Å². The number of aromatic nitrogens is 1. The number of hydrogen-bond donors (Lipinski definition) is 0. The summed E-state index contributed by atoms with van der Waals surface area (Å²) in [5.41, 5.74) is 1.21. The van der Waals surface area contributed by atoms with Gasteiger partial charge in [0.25, 0.3) is 5.88 Å². The predicted octanol–water partition coefficient (Wildman–Crippen LogP) is 1.85. The Morgan fingerprint density at radius 1 is 1.38 bits per heavy atom. The Kier molecular flexibility index (Phi) is 7.01. The molecule has 4 nitrogen and oxygen atoms in total. The molecule has 0 N–H and O–H groups in total. The topological polar surface area (TPSA) is 52.3 Å². The second-order valence-corrected chi connectivity index (χ2v) is 6.43. The molecule has 3 aromatic rings. The molecule has 0 aliphatic heterocycles. The van der Waals surface area contributed by atoms with Gasteiger partial charge >= 0.3 is 35.5 Å². The first-order valence-electron chi connectivity index (χ1n) is 6.75. The fourth-order valence-electron chi connectivity index (χ4n) is 2.04. The Labute approximate surface area is 170 Å². The standard InChI is InChI=1S/C16H11ClFNO3S.Na.H/c17-14-5-4-13(23-14)11-3-1-10(7-12(11)18)2-6-16(20)22-15-8-21-9-19-15;;/h1,3-5,7-9H,2,6H2;;/q;+1;-1. The Morgan fingerprint density at radius 2 is 2.21 bits per heavy atom. The van der Waals surface area contributed by atoms with E-state index in [0.717, 1.165) is 4.88 Å². The van der Waals surface area contributed by atoms with Crippen molar-refractivity contribution in [3.63, 3.8) is 0 Å². The largest absolute Gasteiger partial charge is 1.00 e. The molecule has 0 atom stereocenters. The number of benzene rings is 1. The number of aryl methyl sites for hydroxylation is 1. The average molecular weight is 376 g/mol. The van der Waals surface area contributed by atoms with Gasteiger partial charge in [-0.2, -0.15) is 4.98 Å². The molecule has 120 valence electrons. The number of carbonyl (C=O) groups excluding carboxylic acids is 1. The second-order valence-electron chi connectivity index (χ2n) is 4.72. The van der Waals surface area contributed by atoms with E-state index in [1.54, 1.807) is 24.3 Å². The maximum Gasteiger partial charge on any atom is 1.00 e. The quantitative estimate of drug-likeness (QED) is 0.504. The molecular weight excluding hydrogens is 364 g/mol. The van der Waals surface area contributed by atoms with E-state index in [2.05, 4.69) is 4.98 Å². The third kappa shape index (κ3) is 4.91. The van der Waals surface area contributed by atoms with Crippen molar-refractivity contribution in [3.8, 4) is 16.3 Å². The fourth-order valence-corrected chi connectivity index (χ4v) is 3.11. The SMILES string of the molecule is O=C(CCc1ccc(-c2ccc(Cl)s2)c(F)c1)Oc1cocn1.[H-].[Na+]. The summed E-state index contributed by atoms with van der Waals surface area (Å²) in [6.07, 6.45) is 2.90. The molecule has 24 heavy (non-hydrogen) atoms. The molecule has 0 aliphatic rings. The zero-order chi connectivity index (χ0) is 16.2. The van der Waals surface area contributed by atoms with Crippen molar-refractivity contribution in [2.75, 3.05) is 0 Å². The molecule has 0 aliphatic carbocycles. The maximum absolute atomic E-state index is 14.2. The summed E-state index contributed by atoms with van der Waals surface area (Å²) in [5.74, 6) is -0.676. The van der Waals surface area contributed by atoms with Gasteiger partial charge in [0.1, 0.15) is 5.82 Å². The molecule has 0 spiro atoms. The molecule has 8 heteroatoms. The van der Waals surface area contributed by atoms with E-state index in [4.69, 9.17) is 20.8 Å². The normalized spacial score (nSPS) is 10.2. The van der Waals surface area contributed by atoms with Crippen LogP contribution in [0.15, 0.2) is 47.4 Å². The van der Waals surface area contributed by atoms with Gasteiger partial charge < -0.3 is 10.6 Å². The molecule has 0 saturated carbocycles. The van der Waals surface area contributed by atoms with Gasteiger partial charge in [0, 0.05) is 10.4 Å². The number of oxazole rings is 1. The first-order chi connectivity index (χ1) is 11.1. The number of esters is 1. The number of rotatable bonds is 5. The summed E-state index contributed by atoms with van der Waals surface area (Å²) in [6, 6.07) is 8.41. The molecule has 3 rings (SSSR count). The second kappa shape index (κ2) is 8.78. The van der Waals surface area contributed by atoms with Gasteiger partial charge in [0.2, 0.25) is 0 Å². The molecular formula is C16H12ClFNNaO3S. The first kappa shape index (κ1) is 19.1. The molecule has 0 amide bonds. The molecule has 0 saturated heterocycles.